The molecule has 1 aliphatic rings. The molecule has 1 fully saturated rings. The van der Waals surface area contributed by atoms with Crippen LogP contribution in [0.15, 0.2) is 34.0 Å². The van der Waals surface area contributed by atoms with Crippen LogP contribution < -0.4 is 10.9 Å². The Morgan fingerprint density at radius 1 is 1.27 bits per heavy atom. The fourth-order valence-electron chi connectivity index (χ4n) is 3.72. The third kappa shape index (κ3) is 4.17. The fraction of sp³-hybridized carbons (Fsp3) is 0.429. The molecule has 9 heteroatoms. The van der Waals surface area contributed by atoms with E-state index < -0.39 is 0 Å². The maximum Gasteiger partial charge on any atom is 0.263 e. The van der Waals surface area contributed by atoms with E-state index in [1.54, 1.807) is 16.2 Å². The number of nitrogens with one attached hydrogen (secondary N) is 1. The van der Waals surface area contributed by atoms with Crippen LogP contribution in [0.1, 0.15) is 26.2 Å². The molecule has 3 aromatic rings. The number of hydrogen-bond acceptors (Lipinski definition) is 6. The van der Waals surface area contributed by atoms with Gasteiger partial charge >= 0.3 is 0 Å². The predicted octanol–water partition coefficient (Wildman–Crippen LogP) is 2.95. The predicted molar refractivity (Wildman–Crippen MR) is 120 cm³/mol. The summed E-state index contributed by atoms with van der Waals surface area (Å²) in [7, 11) is 0. The maximum atomic E-state index is 13.1. The normalized spacial score (nSPS) is 14.9. The van der Waals surface area contributed by atoms with Crippen LogP contribution in [0.3, 0.4) is 0 Å². The summed E-state index contributed by atoms with van der Waals surface area (Å²) in [5, 5.41) is 7.43. The lowest BCUT2D eigenvalue weighted by atomic mass is 9.96. The summed E-state index contributed by atoms with van der Waals surface area (Å²) in [6.07, 6.45) is 3.68. The molecule has 2 amide bonds. The molecule has 0 bridgehead atoms. The molecule has 4 rings (SSSR count). The number of hydrogen-bond donors (Lipinski definition) is 1. The summed E-state index contributed by atoms with van der Waals surface area (Å²) in [5.74, 6) is -0.0764. The minimum absolute atomic E-state index is 0.0335. The van der Waals surface area contributed by atoms with Crippen molar-refractivity contribution < 1.29 is 9.59 Å². The van der Waals surface area contributed by atoms with Gasteiger partial charge in [-0.2, -0.15) is 0 Å². The van der Waals surface area contributed by atoms with Crippen LogP contribution in [0.4, 0.5) is 0 Å². The fourth-order valence-corrected chi connectivity index (χ4v) is 5.44. The molecule has 158 valence electrons. The number of carbonyl (C=O) groups excluding carboxylic acids is 2. The van der Waals surface area contributed by atoms with Crippen LogP contribution in [0, 0.1) is 5.92 Å². The van der Waals surface area contributed by atoms with Gasteiger partial charge in [-0.05, 0) is 30.7 Å². The van der Waals surface area contributed by atoms with Gasteiger partial charge in [0.2, 0.25) is 11.8 Å². The van der Waals surface area contributed by atoms with Crippen molar-refractivity contribution in [3.05, 3.63) is 39.6 Å². The lowest BCUT2D eigenvalue weighted by Crippen LogP contribution is -2.44. The van der Waals surface area contributed by atoms with Crippen LogP contribution >= 0.6 is 22.7 Å². The van der Waals surface area contributed by atoms with E-state index in [4.69, 9.17) is 0 Å². The van der Waals surface area contributed by atoms with E-state index in [1.807, 2.05) is 29.8 Å². The first-order chi connectivity index (χ1) is 14.6. The Hall–Kier alpha value is -2.52. The van der Waals surface area contributed by atoms with Gasteiger partial charge in [0, 0.05) is 41.4 Å². The number of likely N-dealkylation sites (tertiary alicyclic amines) is 1. The molecule has 0 saturated carbocycles. The number of rotatable bonds is 6. The zero-order chi connectivity index (χ0) is 21.1. The number of aromatic nitrogens is 2. The molecule has 0 spiro atoms. The summed E-state index contributed by atoms with van der Waals surface area (Å²) in [6, 6.07) is 3.93. The van der Waals surface area contributed by atoms with Gasteiger partial charge in [0.15, 0.2) is 0 Å². The van der Waals surface area contributed by atoms with E-state index in [-0.39, 0.29) is 29.8 Å². The zero-order valence-corrected chi connectivity index (χ0v) is 18.4. The highest BCUT2D eigenvalue weighted by atomic mass is 32.1. The van der Waals surface area contributed by atoms with Crippen LogP contribution in [0.25, 0.3) is 20.7 Å². The molecule has 0 radical (unpaired) electrons. The Kier molecular flexibility index (Phi) is 6.29. The first-order valence-electron chi connectivity index (χ1n) is 10.1. The topological polar surface area (TPSA) is 84.3 Å². The SMILES string of the molecule is CCCNC(=O)C1CCN(C(=O)Cn2cnc3scc(-c4cccs4)c3c2=O)CC1. The molecule has 4 heterocycles. The summed E-state index contributed by atoms with van der Waals surface area (Å²) in [4.78, 5) is 45.9. The van der Waals surface area contributed by atoms with Gasteiger partial charge in [-0.3, -0.25) is 19.0 Å². The molecule has 0 aromatic carbocycles. The van der Waals surface area contributed by atoms with Crippen LogP contribution in [0.5, 0.6) is 0 Å². The van der Waals surface area contributed by atoms with Crippen molar-refractivity contribution in [2.45, 2.75) is 32.7 Å². The zero-order valence-electron chi connectivity index (χ0n) is 16.8. The molecule has 30 heavy (non-hydrogen) atoms. The number of fused-ring (bicyclic) bond motifs is 1. The van der Waals surface area contributed by atoms with Gasteiger partial charge in [-0.15, -0.1) is 22.7 Å². The van der Waals surface area contributed by atoms with E-state index in [9.17, 15) is 14.4 Å². The summed E-state index contributed by atoms with van der Waals surface area (Å²) < 4.78 is 1.40. The van der Waals surface area contributed by atoms with Crippen molar-refractivity contribution in [1.29, 1.82) is 0 Å². The van der Waals surface area contributed by atoms with Gasteiger partial charge < -0.3 is 10.2 Å². The Labute approximate surface area is 182 Å². The number of amides is 2. The van der Waals surface area contributed by atoms with Gasteiger partial charge in [-0.1, -0.05) is 13.0 Å². The van der Waals surface area contributed by atoms with Gasteiger partial charge in [-0.25, -0.2) is 4.98 Å². The van der Waals surface area contributed by atoms with E-state index in [0.717, 1.165) is 16.9 Å². The van der Waals surface area contributed by atoms with Gasteiger partial charge in [0.05, 0.1) is 11.7 Å². The quantitative estimate of drug-likeness (QED) is 0.634. The molecule has 0 aliphatic carbocycles. The first-order valence-corrected chi connectivity index (χ1v) is 11.9. The minimum Gasteiger partial charge on any atom is -0.356 e. The van der Waals surface area contributed by atoms with Gasteiger partial charge in [0.1, 0.15) is 11.4 Å². The molecule has 1 saturated heterocycles. The van der Waals surface area contributed by atoms with Crippen LogP contribution in [-0.2, 0) is 16.1 Å². The largest absolute Gasteiger partial charge is 0.356 e. The molecule has 1 N–H and O–H groups in total. The molecular weight excluding hydrogens is 420 g/mol. The number of piperidine rings is 1. The Balaban J connectivity index is 1.45. The molecule has 0 unspecified atom stereocenters. The summed E-state index contributed by atoms with van der Waals surface area (Å²) >= 11 is 3.02. The number of carbonyl (C=O) groups is 2. The maximum absolute atomic E-state index is 13.1. The second-order valence-electron chi connectivity index (χ2n) is 7.43. The average molecular weight is 445 g/mol. The third-order valence-electron chi connectivity index (χ3n) is 5.42. The summed E-state index contributed by atoms with van der Waals surface area (Å²) in [6.45, 7) is 3.74. The molecule has 7 nitrogen and oxygen atoms in total. The Bertz CT molecular complexity index is 1100. The molecular formula is C21H24N4O3S2. The second-order valence-corrected chi connectivity index (χ2v) is 9.24. The molecule has 1 aliphatic heterocycles. The molecule has 0 atom stereocenters. The monoisotopic (exact) mass is 444 g/mol. The van der Waals surface area contributed by atoms with Crippen molar-refractivity contribution in [1.82, 2.24) is 19.8 Å². The molecule has 3 aromatic heterocycles. The van der Waals surface area contributed by atoms with Crippen molar-refractivity contribution in [2.24, 2.45) is 5.92 Å². The second kappa shape index (κ2) is 9.09. The van der Waals surface area contributed by atoms with Crippen molar-refractivity contribution in [2.75, 3.05) is 19.6 Å². The van der Waals surface area contributed by atoms with E-state index in [1.165, 1.54) is 22.2 Å². The highest BCUT2D eigenvalue weighted by Crippen LogP contribution is 2.33. The highest BCUT2D eigenvalue weighted by Gasteiger charge is 2.27. The standard InChI is InChI=1S/C21H24N4O3S2/c1-2-7-22-19(27)14-5-8-24(9-6-14)17(26)11-25-13-23-20-18(21(25)28)15(12-30-20)16-4-3-10-29-16/h3-4,10,12-14H,2,5-9,11H2,1H3,(H,22,27). The smallest absolute Gasteiger partial charge is 0.263 e. The average Bonchev–Trinajstić information content (AvgIpc) is 3.44. The minimum atomic E-state index is -0.188. The van der Waals surface area contributed by atoms with E-state index in [2.05, 4.69) is 10.3 Å². The van der Waals surface area contributed by atoms with Crippen molar-refractivity contribution >= 4 is 44.7 Å². The summed E-state index contributed by atoms with van der Waals surface area (Å²) in [5.41, 5.74) is 0.690. The Morgan fingerprint density at radius 3 is 2.77 bits per heavy atom. The highest BCUT2D eigenvalue weighted by molar-refractivity contribution is 7.18. The third-order valence-corrected chi connectivity index (χ3v) is 7.21. The van der Waals surface area contributed by atoms with E-state index >= 15 is 0 Å². The van der Waals surface area contributed by atoms with Crippen molar-refractivity contribution in [3.8, 4) is 10.4 Å². The first kappa shape index (κ1) is 20.7. The number of nitrogens with zero attached hydrogens (tertiary/aromatic N) is 3. The van der Waals surface area contributed by atoms with Gasteiger partial charge in [0.25, 0.3) is 5.56 Å². The van der Waals surface area contributed by atoms with Crippen LogP contribution in [0.2, 0.25) is 0 Å². The number of thiophene rings is 2. The van der Waals surface area contributed by atoms with E-state index in [0.29, 0.717) is 42.7 Å². The van der Waals surface area contributed by atoms with Crippen LogP contribution in [-0.4, -0.2) is 45.9 Å². The lowest BCUT2D eigenvalue weighted by Gasteiger charge is -2.31. The lowest BCUT2D eigenvalue weighted by molar-refractivity contribution is -0.136. The Morgan fingerprint density at radius 2 is 2.07 bits per heavy atom. The van der Waals surface area contributed by atoms with Crippen molar-refractivity contribution in [3.63, 3.8) is 0 Å².